The van der Waals surface area contributed by atoms with E-state index in [1.54, 1.807) is 7.11 Å². The van der Waals surface area contributed by atoms with Crippen molar-refractivity contribution in [1.82, 2.24) is 0 Å². The third kappa shape index (κ3) is 6.59. The monoisotopic (exact) mass is 464 g/mol. The summed E-state index contributed by atoms with van der Waals surface area (Å²) in [6.07, 6.45) is 5.96. The fourth-order valence-electron chi connectivity index (χ4n) is 4.13. The van der Waals surface area contributed by atoms with Gasteiger partial charge in [0.25, 0.3) is 8.38 Å². The van der Waals surface area contributed by atoms with Crippen molar-refractivity contribution in [2.75, 3.05) is 7.11 Å². The summed E-state index contributed by atoms with van der Waals surface area (Å²) in [7, 11) is 0.341. The van der Waals surface area contributed by atoms with Gasteiger partial charge in [-0.2, -0.15) is 0 Å². The van der Waals surface area contributed by atoms with Crippen LogP contribution in [0.2, 0.25) is 0 Å². The second kappa shape index (κ2) is 11.7. The van der Waals surface area contributed by atoms with Gasteiger partial charge >= 0.3 is 0 Å². The Morgan fingerprint density at radius 1 is 0.909 bits per heavy atom. The van der Waals surface area contributed by atoms with Crippen LogP contribution in [-0.4, -0.2) is 12.2 Å². The highest BCUT2D eigenvalue weighted by molar-refractivity contribution is 7.56. The van der Waals surface area contributed by atoms with Gasteiger partial charge in [-0.1, -0.05) is 94.5 Å². The molecule has 3 aromatic rings. The molecule has 1 unspecified atom stereocenters. The van der Waals surface area contributed by atoms with Crippen LogP contribution in [0.25, 0.3) is 11.1 Å². The first-order valence-electron chi connectivity index (χ1n) is 11.9. The van der Waals surface area contributed by atoms with Crippen LogP contribution in [-0.2, 0) is 9.94 Å². The number of aromatic hydroxyl groups is 1. The normalized spacial score (nSPS) is 12.5. The lowest BCUT2D eigenvalue weighted by molar-refractivity contribution is 0.401. The molecule has 3 nitrogen and oxygen atoms in total. The second-order valence-electron chi connectivity index (χ2n) is 9.30. The summed E-state index contributed by atoms with van der Waals surface area (Å²) in [4.78, 5) is 0. The van der Waals surface area contributed by atoms with Crippen molar-refractivity contribution in [3.8, 4) is 22.6 Å². The second-order valence-corrected chi connectivity index (χ2v) is 10.9. The third-order valence-electron chi connectivity index (χ3n) is 6.14. The van der Waals surface area contributed by atoms with Gasteiger partial charge in [-0.25, -0.2) is 0 Å². The van der Waals surface area contributed by atoms with Gasteiger partial charge < -0.3 is 14.2 Å². The number of hydrogen-bond donors (Lipinski definition) is 1. The summed E-state index contributed by atoms with van der Waals surface area (Å²) in [5, 5.41) is 12.2. The molecule has 0 aliphatic rings. The Morgan fingerprint density at radius 3 is 2.33 bits per heavy atom. The van der Waals surface area contributed by atoms with Crippen LogP contribution in [0, 0.1) is 6.92 Å². The van der Waals surface area contributed by atoms with Crippen molar-refractivity contribution in [2.45, 2.75) is 65.2 Å². The quantitative estimate of drug-likeness (QED) is 0.229. The molecule has 1 N–H and O–H groups in total. The maximum atomic E-state index is 11.2. The van der Waals surface area contributed by atoms with Crippen molar-refractivity contribution < 1.29 is 14.2 Å². The fourth-order valence-corrected chi connectivity index (χ4v) is 5.26. The van der Waals surface area contributed by atoms with Crippen LogP contribution in [0.1, 0.15) is 64.0 Å². The molecule has 0 heterocycles. The molecule has 0 radical (unpaired) electrons. The molecular weight excluding hydrogens is 427 g/mol. The molecule has 1 atom stereocenters. The minimum atomic E-state index is -1.33. The zero-order chi connectivity index (χ0) is 23.8. The van der Waals surface area contributed by atoms with E-state index in [1.165, 1.54) is 25.7 Å². The van der Waals surface area contributed by atoms with Crippen LogP contribution in [0.4, 0.5) is 0 Å². The lowest BCUT2D eigenvalue weighted by Gasteiger charge is -2.28. The van der Waals surface area contributed by atoms with Crippen molar-refractivity contribution in [3.63, 3.8) is 0 Å². The van der Waals surface area contributed by atoms with Gasteiger partial charge in [0.2, 0.25) is 0 Å². The summed E-state index contributed by atoms with van der Waals surface area (Å²) in [6, 6.07) is 22.2. The predicted molar refractivity (Wildman–Crippen MR) is 141 cm³/mol. The van der Waals surface area contributed by atoms with Crippen LogP contribution in [0.3, 0.4) is 0 Å². The zero-order valence-electron chi connectivity index (χ0n) is 20.6. The van der Waals surface area contributed by atoms with Gasteiger partial charge in [-0.15, -0.1) is 0 Å². The molecule has 4 heteroatoms. The molecular formula is C29H37O3P. The molecule has 176 valence electrons. The number of hydrogen-bond acceptors (Lipinski definition) is 3. The summed E-state index contributed by atoms with van der Waals surface area (Å²) < 4.78 is 12.3. The molecule has 0 spiro atoms. The van der Waals surface area contributed by atoms with Crippen molar-refractivity contribution in [1.29, 1.82) is 0 Å². The Hall–Kier alpha value is -2.35. The van der Waals surface area contributed by atoms with E-state index in [2.05, 4.69) is 45.9 Å². The standard InChI is InChI=1S/C29H37O3P/c1-6-7-8-12-18-29(3,4)24-20-26(30)28(23-15-13-14-22(2)19-23)27(21-24)32-33(31-5)25-16-10-9-11-17-25/h9-11,13-17,19-21,30H,6-8,12,18H2,1-5H3. The first-order valence-corrected chi connectivity index (χ1v) is 13.0. The molecule has 33 heavy (non-hydrogen) atoms. The van der Waals surface area contributed by atoms with Crippen molar-refractivity contribution >= 4 is 13.7 Å². The van der Waals surface area contributed by atoms with Crippen LogP contribution in [0.5, 0.6) is 11.5 Å². The molecule has 0 aliphatic carbocycles. The molecule has 3 aromatic carbocycles. The summed E-state index contributed by atoms with van der Waals surface area (Å²) in [6.45, 7) is 8.79. The van der Waals surface area contributed by atoms with Crippen molar-refractivity contribution in [2.24, 2.45) is 0 Å². The molecule has 0 fully saturated rings. The van der Waals surface area contributed by atoms with Gasteiger partial charge in [-0.05, 0) is 54.2 Å². The molecule has 0 saturated carbocycles. The third-order valence-corrected chi connectivity index (χ3v) is 7.55. The van der Waals surface area contributed by atoms with Crippen LogP contribution >= 0.6 is 8.38 Å². The Labute approximate surface area is 200 Å². The molecule has 0 amide bonds. The van der Waals surface area contributed by atoms with Crippen LogP contribution in [0.15, 0.2) is 66.7 Å². The Bertz CT molecular complexity index is 1030. The summed E-state index contributed by atoms with van der Waals surface area (Å²) in [5.74, 6) is 0.905. The summed E-state index contributed by atoms with van der Waals surface area (Å²) >= 11 is 0. The number of phenolic OH excluding ortho intramolecular Hbond substituents is 1. The smallest absolute Gasteiger partial charge is 0.264 e. The molecule has 3 rings (SSSR count). The number of rotatable bonds is 11. The molecule has 0 aromatic heterocycles. The van der Waals surface area contributed by atoms with Gasteiger partial charge in [0.05, 0.1) is 5.56 Å². The lowest BCUT2D eigenvalue weighted by Crippen LogP contribution is -2.17. The average molecular weight is 465 g/mol. The predicted octanol–water partition coefficient (Wildman–Crippen LogP) is 8.28. The van der Waals surface area contributed by atoms with Gasteiger partial charge in [-0.3, -0.25) is 0 Å². The van der Waals surface area contributed by atoms with E-state index >= 15 is 0 Å². The Morgan fingerprint density at radius 2 is 1.67 bits per heavy atom. The minimum absolute atomic E-state index is 0.0724. The number of phenols is 1. The number of aryl methyl sites for hydroxylation is 1. The first-order chi connectivity index (χ1) is 15.9. The highest BCUT2D eigenvalue weighted by atomic mass is 31.2. The van der Waals surface area contributed by atoms with E-state index in [0.717, 1.165) is 28.4 Å². The topological polar surface area (TPSA) is 38.7 Å². The van der Waals surface area contributed by atoms with E-state index in [0.29, 0.717) is 11.3 Å². The van der Waals surface area contributed by atoms with E-state index < -0.39 is 8.38 Å². The highest BCUT2D eigenvalue weighted by Gasteiger charge is 2.26. The van der Waals surface area contributed by atoms with Gasteiger partial charge in [0.1, 0.15) is 11.5 Å². The number of unbranched alkanes of at least 4 members (excludes halogenated alkanes) is 3. The first kappa shape index (κ1) is 25.3. The maximum Gasteiger partial charge on any atom is 0.264 e. The number of benzene rings is 3. The molecule has 0 bridgehead atoms. The molecule has 0 saturated heterocycles. The summed E-state index contributed by atoms with van der Waals surface area (Å²) in [5.41, 5.74) is 3.80. The Balaban J connectivity index is 2.04. The maximum absolute atomic E-state index is 11.2. The lowest BCUT2D eigenvalue weighted by atomic mass is 9.79. The van der Waals surface area contributed by atoms with E-state index in [-0.39, 0.29) is 11.2 Å². The van der Waals surface area contributed by atoms with E-state index in [4.69, 9.17) is 9.05 Å². The fraction of sp³-hybridized carbons (Fsp3) is 0.379. The van der Waals surface area contributed by atoms with Gasteiger partial charge in [0, 0.05) is 12.4 Å². The van der Waals surface area contributed by atoms with Crippen molar-refractivity contribution in [3.05, 3.63) is 77.9 Å². The SMILES string of the molecule is CCCCCCC(C)(C)c1cc(O)c(-c2cccc(C)c2)c(OP(OC)c2ccccc2)c1. The highest BCUT2D eigenvalue weighted by Crippen LogP contribution is 2.48. The van der Waals surface area contributed by atoms with E-state index in [9.17, 15) is 5.11 Å². The van der Waals surface area contributed by atoms with Crippen LogP contribution < -0.4 is 9.83 Å². The zero-order valence-corrected chi connectivity index (χ0v) is 21.5. The average Bonchev–Trinajstić information content (AvgIpc) is 2.80. The van der Waals surface area contributed by atoms with E-state index in [1.807, 2.05) is 48.5 Å². The largest absolute Gasteiger partial charge is 0.507 e. The van der Waals surface area contributed by atoms with Gasteiger partial charge in [0.15, 0.2) is 0 Å². The minimum Gasteiger partial charge on any atom is -0.507 e. The Kier molecular flexibility index (Phi) is 8.95. The molecule has 0 aliphatic heterocycles.